The molecule has 31 heavy (non-hydrogen) atoms. The molecule has 2 aromatic carbocycles. The lowest BCUT2D eigenvalue weighted by atomic mass is 10.1. The highest BCUT2D eigenvalue weighted by Crippen LogP contribution is 2.39. The third-order valence-corrected chi connectivity index (χ3v) is 7.26. The number of carbonyl (C=O) groups excluding carboxylic acids is 1. The molecule has 0 unspecified atom stereocenters. The largest absolute Gasteiger partial charge is 0.290 e. The van der Waals surface area contributed by atoms with Crippen molar-refractivity contribution < 1.29 is 4.79 Å². The minimum absolute atomic E-state index is 0.0106. The summed E-state index contributed by atoms with van der Waals surface area (Å²) < 4.78 is 2.50. The van der Waals surface area contributed by atoms with Gasteiger partial charge < -0.3 is 0 Å². The van der Waals surface area contributed by atoms with E-state index in [0.717, 1.165) is 48.2 Å². The number of hydrogen-bond donors (Lipinski definition) is 0. The summed E-state index contributed by atoms with van der Waals surface area (Å²) in [6.45, 7) is 0. The van der Waals surface area contributed by atoms with Gasteiger partial charge in [-0.25, -0.2) is 4.68 Å². The number of nitrogens with zero attached hydrogens (tertiary/aromatic N) is 3. The average Bonchev–Trinajstić information content (AvgIpc) is 3.50. The van der Waals surface area contributed by atoms with Crippen molar-refractivity contribution in [1.29, 1.82) is 0 Å². The van der Waals surface area contributed by atoms with E-state index in [-0.39, 0.29) is 11.9 Å². The monoisotopic (exact) mass is 465 g/mol. The van der Waals surface area contributed by atoms with E-state index in [1.165, 1.54) is 11.8 Å². The van der Waals surface area contributed by atoms with Crippen LogP contribution in [-0.2, 0) is 4.79 Å². The van der Waals surface area contributed by atoms with Gasteiger partial charge in [0, 0.05) is 28.4 Å². The van der Waals surface area contributed by atoms with Crippen molar-refractivity contribution in [2.24, 2.45) is 0 Å². The van der Waals surface area contributed by atoms with E-state index in [1.807, 2.05) is 76.5 Å². The maximum absolute atomic E-state index is 13.2. The topological polar surface area (TPSA) is 38.1 Å². The van der Waals surface area contributed by atoms with Gasteiger partial charge in [0.2, 0.25) is 0 Å². The lowest BCUT2D eigenvalue weighted by Crippen LogP contribution is -2.36. The zero-order chi connectivity index (χ0) is 21.4. The highest BCUT2D eigenvalue weighted by atomic mass is 35.5. The maximum atomic E-state index is 13.2. The number of amides is 1. The Hall–Kier alpha value is -2.41. The molecule has 1 aliphatic heterocycles. The van der Waals surface area contributed by atoms with Crippen molar-refractivity contribution >= 4 is 51.9 Å². The fourth-order valence-electron chi connectivity index (χ4n) is 4.14. The number of aromatic nitrogens is 2. The molecule has 0 atom stereocenters. The summed E-state index contributed by atoms with van der Waals surface area (Å²) in [5.41, 5.74) is 3.57. The van der Waals surface area contributed by atoms with Gasteiger partial charge in [0.25, 0.3) is 5.91 Å². The molecular formula is C24H20ClN3OS2. The van der Waals surface area contributed by atoms with Crippen LogP contribution in [0.4, 0.5) is 0 Å². The number of para-hydroxylation sites is 1. The molecule has 5 rings (SSSR count). The van der Waals surface area contributed by atoms with Crippen molar-refractivity contribution in [3.05, 3.63) is 76.3 Å². The molecule has 2 heterocycles. The van der Waals surface area contributed by atoms with Gasteiger partial charge in [-0.1, -0.05) is 78.8 Å². The number of thiocarbonyl (C=S) groups is 1. The summed E-state index contributed by atoms with van der Waals surface area (Å²) in [5.74, 6) is 0.0106. The standard InChI is InChI=1S/C24H20ClN3OS2/c25-18-12-10-16(11-13-18)22-17(15-27(26-22)19-6-2-1-3-7-19)14-21-23(29)28(24(30)31-21)20-8-4-5-9-20/h1-3,6-7,10-15,20H,4-5,8-9H2/b21-14-. The van der Waals surface area contributed by atoms with Crippen LogP contribution in [0.15, 0.2) is 65.7 Å². The summed E-state index contributed by atoms with van der Waals surface area (Å²) in [6.07, 6.45) is 8.26. The molecule has 0 bridgehead atoms. The van der Waals surface area contributed by atoms with Gasteiger partial charge in [-0.15, -0.1) is 0 Å². The molecule has 156 valence electrons. The third-order valence-electron chi connectivity index (χ3n) is 5.68. The zero-order valence-corrected chi connectivity index (χ0v) is 19.1. The second kappa shape index (κ2) is 8.61. The Kier molecular flexibility index (Phi) is 5.69. The molecule has 0 N–H and O–H groups in total. The molecule has 1 saturated heterocycles. The first-order chi connectivity index (χ1) is 15.1. The van der Waals surface area contributed by atoms with Crippen molar-refractivity contribution in [1.82, 2.24) is 14.7 Å². The Balaban J connectivity index is 1.56. The molecule has 1 aliphatic carbocycles. The number of carbonyl (C=O) groups is 1. The van der Waals surface area contributed by atoms with Crippen molar-refractivity contribution in [3.8, 4) is 16.9 Å². The van der Waals surface area contributed by atoms with Gasteiger partial charge in [0.15, 0.2) is 0 Å². The second-order valence-electron chi connectivity index (χ2n) is 7.71. The Morgan fingerprint density at radius 1 is 1.06 bits per heavy atom. The van der Waals surface area contributed by atoms with Gasteiger partial charge >= 0.3 is 0 Å². The molecule has 2 aliphatic rings. The van der Waals surface area contributed by atoms with Gasteiger partial charge in [0.1, 0.15) is 4.32 Å². The van der Waals surface area contributed by atoms with Gasteiger partial charge in [-0.05, 0) is 43.2 Å². The Bertz CT molecular complexity index is 1170. The van der Waals surface area contributed by atoms with Gasteiger partial charge in [0.05, 0.1) is 16.3 Å². The molecule has 4 nitrogen and oxygen atoms in total. The second-order valence-corrected chi connectivity index (χ2v) is 9.82. The maximum Gasteiger partial charge on any atom is 0.266 e. The minimum atomic E-state index is 0.0106. The first kappa shape index (κ1) is 20.5. The fraction of sp³-hybridized carbons (Fsp3) is 0.208. The number of halogens is 1. The summed E-state index contributed by atoms with van der Waals surface area (Å²) in [5, 5.41) is 5.50. The summed E-state index contributed by atoms with van der Waals surface area (Å²) >= 11 is 13.0. The predicted molar refractivity (Wildman–Crippen MR) is 131 cm³/mol. The number of benzene rings is 2. The predicted octanol–water partition coefficient (Wildman–Crippen LogP) is 6.34. The van der Waals surface area contributed by atoms with E-state index in [1.54, 1.807) is 0 Å². The van der Waals surface area contributed by atoms with Crippen LogP contribution >= 0.6 is 35.6 Å². The van der Waals surface area contributed by atoms with Crippen LogP contribution in [0, 0.1) is 0 Å². The third kappa shape index (κ3) is 4.07. The Morgan fingerprint density at radius 2 is 1.77 bits per heavy atom. The average molecular weight is 466 g/mol. The molecule has 0 radical (unpaired) electrons. The van der Waals surface area contributed by atoms with Crippen LogP contribution in [0.25, 0.3) is 23.0 Å². The van der Waals surface area contributed by atoms with Crippen molar-refractivity contribution in [2.45, 2.75) is 31.7 Å². The van der Waals surface area contributed by atoms with Crippen molar-refractivity contribution in [3.63, 3.8) is 0 Å². The van der Waals surface area contributed by atoms with Gasteiger partial charge in [-0.2, -0.15) is 5.10 Å². The quantitative estimate of drug-likeness (QED) is 0.333. The summed E-state index contributed by atoms with van der Waals surface area (Å²) in [6, 6.07) is 17.8. The molecule has 1 aromatic heterocycles. The van der Waals surface area contributed by atoms with Crippen LogP contribution < -0.4 is 0 Å². The Morgan fingerprint density at radius 3 is 2.48 bits per heavy atom. The Labute approximate surface area is 195 Å². The van der Waals surface area contributed by atoms with E-state index in [4.69, 9.17) is 28.9 Å². The van der Waals surface area contributed by atoms with Crippen LogP contribution in [0.5, 0.6) is 0 Å². The molecule has 3 aromatic rings. The normalized spacial score (nSPS) is 18.5. The minimum Gasteiger partial charge on any atom is -0.290 e. The van der Waals surface area contributed by atoms with Crippen LogP contribution in [0.2, 0.25) is 5.02 Å². The molecule has 2 fully saturated rings. The lowest BCUT2D eigenvalue weighted by molar-refractivity contribution is -0.123. The van der Waals surface area contributed by atoms with Crippen molar-refractivity contribution in [2.75, 3.05) is 0 Å². The number of hydrogen-bond acceptors (Lipinski definition) is 4. The highest BCUT2D eigenvalue weighted by Gasteiger charge is 2.38. The van der Waals surface area contributed by atoms with E-state index in [2.05, 4.69) is 0 Å². The van der Waals surface area contributed by atoms with Crippen LogP contribution in [-0.4, -0.2) is 30.9 Å². The van der Waals surface area contributed by atoms with E-state index in [0.29, 0.717) is 14.2 Å². The van der Waals surface area contributed by atoms with Crippen LogP contribution in [0.1, 0.15) is 31.2 Å². The summed E-state index contributed by atoms with van der Waals surface area (Å²) in [7, 11) is 0. The van der Waals surface area contributed by atoms with Gasteiger partial charge in [-0.3, -0.25) is 9.69 Å². The highest BCUT2D eigenvalue weighted by molar-refractivity contribution is 8.26. The first-order valence-electron chi connectivity index (χ1n) is 10.3. The number of rotatable bonds is 4. The zero-order valence-electron chi connectivity index (χ0n) is 16.7. The van der Waals surface area contributed by atoms with E-state index < -0.39 is 0 Å². The van der Waals surface area contributed by atoms with Crippen LogP contribution in [0.3, 0.4) is 0 Å². The SMILES string of the molecule is O=C1/C(=C/c2cn(-c3ccccc3)nc2-c2ccc(Cl)cc2)SC(=S)N1C1CCCC1. The fourth-order valence-corrected chi connectivity index (χ4v) is 5.65. The number of thioether (sulfide) groups is 1. The first-order valence-corrected chi connectivity index (χ1v) is 11.9. The molecule has 0 spiro atoms. The lowest BCUT2D eigenvalue weighted by Gasteiger charge is -2.21. The smallest absolute Gasteiger partial charge is 0.266 e. The van der Waals surface area contributed by atoms with E-state index >= 15 is 0 Å². The summed E-state index contributed by atoms with van der Waals surface area (Å²) in [4.78, 5) is 15.7. The van der Waals surface area contributed by atoms with E-state index in [9.17, 15) is 4.79 Å². The molecular weight excluding hydrogens is 446 g/mol. The molecule has 7 heteroatoms. The molecule has 1 amide bonds. The molecule has 1 saturated carbocycles.